The maximum absolute atomic E-state index is 12.4. The van der Waals surface area contributed by atoms with Crippen molar-refractivity contribution in [1.29, 1.82) is 0 Å². The number of carbonyl (C=O) groups is 2. The largest absolute Gasteiger partial charge is 0.450 e. The van der Waals surface area contributed by atoms with Crippen molar-refractivity contribution < 1.29 is 19.1 Å². The second-order valence-electron chi connectivity index (χ2n) is 5.44. The number of hydrogen-bond acceptors (Lipinski definition) is 4. The SMILES string of the molecule is CCOC(=O)Nc1cc2ccccc2cc1OC(=O)c1ccc(Cl)cc1. The third-order valence-electron chi connectivity index (χ3n) is 3.64. The molecule has 0 bridgehead atoms. The Morgan fingerprint density at radius 2 is 1.65 bits per heavy atom. The molecule has 0 spiro atoms. The number of carbonyl (C=O) groups excluding carboxylic acids is 2. The van der Waals surface area contributed by atoms with Crippen molar-refractivity contribution in [1.82, 2.24) is 0 Å². The lowest BCUT2D eigenvalue weighted by Gasteiger charge is -2.13. The van der Waals surface area contributed by atoms with Crippen LogP contribution in [0.1, 0.15) is 17.3 Å². The molecule has 1 amide bonds. The zero-order valence-electron chi connectivity index (χ0n) is 14.0. The number of esters is 1. The topological polar surface area (TPSA) is 64.6 Å². The molecule has 3 aromatic rings. The highest BCUT2D eigenvalue weighted by molar-refractivity contribution is 6.30. The molecule has 0 aliphatic carbocycles. The molecule has 0 saturated carbocycles. The molecule has 0 unspecified atom stereocenters. The van der Waals surface area contributed by atoms with Gasteiger partial charge in [-0.3, -0.25) is 5.32 Å². The lowest BCUT2D eigenvalue weighted by molar-refractivity contribution is 0.0735. The summed E-state index contributed by atoms with van der Waals surface area (Å²) in [5.74, 6) is -0.319. The van der Waals surface area contributed by atoms with Crippen LogP contribution in [0.15, 0.2) is 60.7 Å². The quantitative estimate of drug-likeness (QED) is 0.502. The monoisotopic (exact) mass is 369 g/mol. The van der Waals surface area contributed by atoms with Crippen LogP contribution in [0.5, 0.6) is 5.75 Å². The molecule has 5 nitrogen and oxygen atoms in total. The Morgan fingerprint density at radius 3 is 2.31 bits per heavy atom. The van der Waals surface area contributed by atoms with Gasteiger partial charge >= 0.3 is 12.1 Å². The molecule has 3 aromatic carbocycles. The van der Waals surface area contributed by atoms with Crippen molar-refractivity contribution in [3.05, 3.63) is 71.2 Å². The van der Waals surface area contributed by atoms with Gasteiger partial charge in [-0.2, -0.15) is 0 Å². The maximum atomic E-state index is 12.4. The van der Waals surface area contributed by atoms with Crippen LogP contribution < -0.4 is 10.1 Å². The lowest BCUT2D eigenvalue weighted by Crippen LogP contribution is -2.16. The van der Waals surface area contributed by atoms with Gasteiger partial charge < -0.3 is 9.47 Å². The van der Waals surface area contributed by atoms with Crippen LogP contribution >= 0.6 is 11.6 Å². The summed E-state index contributed by atoms with van der Waals surface area (Å²) in [5.41, 5.74) is 0.703. The molecule has 0 fully saturated rings. The van der Waals surface area contributed by atoms with Crippen molar-refractivity contribution in [2.75, 3.05) is 11.9 Å². The number of rotatable bonds is 4. The summed E-state index contributed by atoms with van der Waals surface area (Å²) in [6.45, 7) is 1.95. The first-order valence-electron chi connectivity index (χ1n) is 8.01. The second kappa shape index (κ2) is 7.89. The van der Waals surface area contributed by atoms with E-state index in [-0.39, 0.29) is 12.4 Å². The molecule has 0 aliphatic heterocycles. The highest BCUT2D eigenvalue weighted by Gasteiger charge is 2.15. The van der Waals surface area contributed by atoms with Crippen molar-refractivity contribution >= 4 is 40.1 Å². The second-order valence-corrected chi connectivity index (χ2v) is 5.87. The molecule has 0 aromatic heterocycles. The van der Waals surface area contributed by atoms with Gasteiger partial charge in [0, 0.05) is 5.02 Å². The van der Waals surface area contributed by atoms with Gasteiger partial charge in [-0.15, -0.1) is 0 Å². The van der Waals surface area contributed by atoms with Crippen molar-refractivity contribution in [2.45, 2.75) is 6.92 Å². The third kappa shape index (κ3) is 4.13. The third-order valence-corrected chi connectivity index (χ3v) is 3.89. The van der Waals surface area contributed by atoms with E-state index < -0.39 is 12.1 Å². The lowest BCUT2D eigenvalue weighted by atomic mass is 10.1. The van der Waals surface area contributed by atoms with Crippen LogP contribution in [0.4, 0.5) is 10.5 Å². The first-order chi connectivity index (χ1) is 12.6. The minimum Gasteiger partial charge on any atom is -0.450 e. The average molecular weight is 370 g/mol. The van der Waals surface area contributed by atoms with Crippen LogP contribution in [0.25, 0.3) is 10.8 Å². The van der Waals surface area contributed by atoms with E-state index in [0.717, 1.165) is 10.8 Å². The summed E-state index contributed by atoms with van der Waals surface area (Å²) in [6, 6.07) is 17.4. The van der Waals surface area contributed by atoms with Crippen LogP contribution in [0.3, 0.4) is 0 Å². The molecule has 3 rings (SSSR count). The molecular weight excluding hydrogens is 354 g/mol. The van der Waals surface area contributed by atoms with E-state index >= 15 is 0 Å². The summed E-state index contributed by atoms with van der Waals surface area (Å²) < 4.78 is 10.4. The zero-order chi connectivity index (χ0) is 18.5. The Kier molecular flexibility index (Phi) is 5.39. The van der Waals surface area contributed by atoms with E-state index in [9.17, 15) is 9.59 Å². The van der Waals surface area contributed by atoms with E-state index in [1.54, 1.807) is 43.3 Å². The van der Waals surface area contributed by atoms with Gasteiger partial charge in [-0.25, -0.2) is 9.59 Å². The highest BCUT2D eigenvalue weighted by atomic mass is 35.5. The normalized spacial score (nSPS) is 10.4. The first kappa shape index (κ1) is 17.8. The number of halogens is 1. The molecule has 0 heterocycles. The zero-order valence-corrected chi connectivity index (χ0v) is 14.7. The van der Waals surface area contributed by atoms with Gasteiger partial charge in [-0.05, 0) is 54.1 Å². The number of nitrogens with one attached hydrogen (secondary N) is 1. The summed E-state index contributed by atoms with van der Waals surface area (Å²) in [6.07, 6.45) is -0.619. The van der Waals surface area contributed by atoms with E-state index in [4.69, 9.17) is 21.1 Å². The number of ether oxygens (including phenoxy) is 2. The number of hydrogen-bond donors (Lipinski definition) is 1. The van der Waals surface area contributed by atoms with Gasteiger partial charge in [0.1, 0.15) is 0 Å². The summed E-state index contributed by atoms with van der Waals surface area (Å²) in [5, 5.41) is 4.90. The molecule has 0 atom stereocenters. The predicted molar refractivity (Wildman–Crippen MR) is 101 cm³/mol. The fraction of sp³-hybridized carbons (Fsp3) is 0.100. The first-order valence-corrected chi connectivity index (χ1v) is 8.39. The number of amides is 1. The van der Waals surface area contributed by atoms with E-state index in [2.05, 4.69) is 5.32 Å². The van der Waals surface area contributed by atoms with Crippen molar-refractivity contribution in [3.63, 3.8) is 0 Å². The van der Waals surface area contributed by atoms with Crippen molar-refractivity contribution in [3.8, 4) is 5.75 Å². The summed E-state index contributed by atoms with van der Waals surface area (Å²) >= 11 is 5.84. The van der Waals surface area contributed by atoms with E-state index in [1.165, 1.54) is 0 Å². The molecule has 0 radical (unpaired) electrons. The van der Waals surface area contributed by atoms with E-state index in [0.29, 0.717) is 16.3 Å². The van der Waals surface area contributed by atoms with E-state index in [1.807, 2.05) is 24.3 Å². The van der Waals surface area contributed by atoms with Gasteiger partial charge in [0.15, 0.2) is 5.75 Å². The standard InChI is InChI=1S/C20H16ClNO4/c1-2-25-20(24)22-17-11-14-5-3-4-6-15(14)12-18(17)26-19(23)13-7-9-16(21)10-8-13/h3-12H,2H2,1H3,(H,22,24). The van der Waals surface area contributed by atoms with Gasteiger partial charge in [0.25, 0.3) is 0 Å². The van der Waals surface area contributed by atoms with Crippen LogP contribution in [0, 0.1) is 0 Å². The fourth-order valence-electron chi connectivity index (χ4n) is 2.42. The number of fused-ring (bicyclic) bond motifs is 1. The van der Waals surface area contributed by atoms with Crippen LogP contribution in [0.2, 0.25) is 5.02 Å². The molecule has 0 saturated heterocycles. The molecular formula is C20H16ClNO4. The Labute approximate surface area is 155 Å². The fourth-order valence-corrected chi connectivity index (χ4v) is 2.55. The Balaban J connectivity index is 1.94. The van der Waals surface area contributed by atoms with Gasteiger partial charge in [0.05, 0.1) is 17.9 Å². The van der Waals surface area contributed by atoms with Gasteiger partial charge in [0.2, 0.25) is 0 Å². The molecule has 6 heteroatoms. The molecule has 0 aliphatic rings. The van der Waals surface area contributed by atoms with Crippen LogP contribution in [-0.4, -0.2) is 18.7 Å². The maximum Gasteiger partial charge on any atom is 0.411 e. The minimum atomic E-state index is -0.619. The molecule has 1 N–H and O–H groups in total. The highest BCUT2D eigenvalue weighted by Crippen LogP contribution is 2.31. The Bertz CT molecular complexity index is 954. The smallest absolute Gasteiger partial charge is 0.411 e. The molecule has 132 valence electrons. The molecule has 26 heavy (non-hydrogen) atoms. The summed E-state index contributed by atoms with van der Waals surface area (Å²) in [7, 11) is 0. The average Bonchev–Trinajstić information content (AvgIpc) is 2.63. The van der Waals surface area contributed by atoms with Gasteiger partial charge in [-0.1, -0.05) is 35.9 Å². The Morgan fingerprint density at radius 1 is 1.00 bits per heavy atom. The van der Waals surface area contributed by atoms with Crippen LogP contribution in [-0.2, 0) is 4.74 Å². The Hall–Kier alpha value is -3.05. The minimum absolute atomic E-state index is 0.233. The predicted octanol–water partition coefficient (Wildman–Crippen LogP) is 5.28. The number of benzene rings is 3. The van der Waals surface area contributed by atoms with Crippen molar-refractivity contribution in [2.24, 2.45) is 0 Å². The summed E-state index contributed by atoms with van der Waals surface area (Å²) in [4.78, 5) is 24.2. The number of anilines is 1.